The van der Waals surface area contributed by atoms with E-state index in [9.17, 15) is 0 Å². The van der Waals surface area contributed by atoms with Gasteiger partial charge in [0.25, 0.3) is 0 Å². The van der Waals surface area contributed by atoms with Gasteiger partial charge in [0.1, 0.15) is 0 Å². The van der Waals surface area contributed by atoms with E-state index in [2.05, 4.69) is 134 Å². The molecule has 2 saturated carbocycles. The molecule has 6 aliphatic rings. The molecule has 0 bridgehead atoms. The van der Waals surface area contributed by atoms with E-state index in [4.69, 9.17) is 0 Å². The van der Waals surface area contributed by atoms with E-state index < -0.39 is 0 Å². The minimum Gasteiger partial charge on any atom is -0.0801 e. The van der Waals surface area contributed by atoms with Crippen LogP contribution < -0.4 is 0 Å². The number of fused-ring (bicyclic) bond motifs is 8. The topological polar surface area (TPSA) is 0 Å². The van der Waals surface area contributed by atoms with Gasteiger partial charge in [-0.05, 0) is 47.7 Å². The van der Waals surface area contributed by atoms with Crippen molar-refractivity contribution in [2.75, 3.05) is 0 Å². The molecule has 8 atom stereocenters. The lowest BCUT2D eigenvalue weighted by molar-refractivity contribution is -0.263. The van der Waals surface area contributed by atoms with Gasteiger partial charge in [0.05, 0.1) is 0 Å². The van der Waals surface area contributed by atoms with Crippen LogP contribution >= 0.6 is 0 Å². The summed E-state index contributed by atoms with van der Waals surface area (Å²) in [4.78, 5) is 0. The Morgan fingerprint density at radius 2 is 1.26 bits per heavy atom. The fraction of sp³-hybridized carbons (Fsp3) is 0.529. The van der Waals surface area contributed by atoms with Gasteiger partial charge in [0.2, 0.25) is 0 Å². The monoisotopic (exact) mass is 450 g/mol. The highest BCUT2D eigenvalue weighted by Crippen LogP contribution is 2.89. The van der Waals surface area contributed by atoms with Crippen molar-refractivity contribution in [3.63, 3.8) is 0 Å². The fourth-order valence-corrected chi connectivity index (χ4v) is 10.7. The van der Waals surface area contributed by atoms with Crippen LogP contribution in [0, 0.1) is 43.8 Å². The Morgan fingerprint density at radius 3 is 1.85 bits per heavy atom. The lowest BCUT2D eigenvalue weighted by Crippen LogP contribution is -2.75. The van der Waals surface area contributed by atoms with Crippen molar-refractivity contribution in [2.24, 2.45) is 43.8 Å². The molecule has 2 fully saturated rings. The van der Waals surface area contributed by atoms with Crippen LogP contribution in [0.25, 0.3) is 0 Å². The Labute approximate surface area is 207 Å². The van der Waals surface area contributed by atoms with Gasteiger partial charge >= 0.3 is 0 Å². The number of hydrogen-bond acceptors (Lipinski definition) is 0. The standard InChI is InChI=1S/C34H42/c1-24-27(25-15-9-10-16-25)18-17-26-23-32(6)30(4)21-12-11-19-28(30,2)29(3)20-13-14-22-31(29,5)34(32,8)33(24,26)7/h9-15,17-22,26H,16,23H2,1-8H3. The second kappa shape index (κ2) is 6.18. The SMILES string of the molecule is CC1=C(C2=CC=CC2)C=CC2CC3(C)C4(C)C=CC=CC4(C)C4(C)C=CC=CC4(C)C3(C)C12C. The van der Waals surface area contributed by atoms with Crippen LogP contribution in [0.3, 0.4) is 0 Å². The fourth-order valence-electron chi connectivity index (χ4n) is 10.7. The van der Waals surface area contributed by atoms with E-state index >= 15 is 0 Å². The summed E-state index contributed by atoms with van der Waals surface area (Å²) in [5.41, 5.74) is 4.87. The van der Waals surface area contributed by atoms with E-state index in [1.54, 1.807) is 5.57 Å². The summed E-state index contributed by atoms with van der Waals surface area (Å²) in [5.74, 6) is 0.542. The third-order valence-corrected chi connectivity index (χ3v) is 13.7. The highest BCUT2D eigenvalue weighted by Gasteiger charge is 2.84. The Hall–Kier alpha value is -2.08. The van der Waals surface area contributed by atoms with E-state index in [0.29, 0.717) is 5.92 Å². The summed E-state index contributed by atoms with van der Waals surface area (Å²) in [7, 11) is 0. The molecular formula is C34H42. The second-order valence-corrected chi connectivity index (χ2v) is 13.4. The highest BCUT2D eigenvalue weighted by molar-refractivity contribution is 5.56. The van der Waals surface area contributed by atoms with Crippen molar-refractivity contribution in [1.29, 1.82) is 0 Å². The largest absolute Gasteiger partial charge is 0.0801 e. The lowest BCUT2D eigenvalue weighted by Gasteiger charge is -2.79. The Morgan fingerprint density at radius 1 is 0.706 bits per heavy atom. The molecule has 8 unspecified atom stereocenters. The molecule has 0 aromatic carbocycles. The van der Waals surface area contributed by atoms with Crippen molar-refractivity contribution in [3.05, 3.63) is 95.7 Å². The molecule has 0 aliphatic heterocycles. The summed E-state index contributed by atoms with van der Waals surface area (Å²) in [6.07, 6.45) is 33.9. The molecule has 178 valence electrons. The molecule has 0 spiro atoms. The maximum Gasteiger partial charge on any atom is 0.00475 e. The third kappa shape index (κ3) is 1.86. The van der Waals surface area contributed by atoms with Gasteiger partial charge in [-0.3, -0.25) is 0 Å². The summed E-state index contributed by atoms with van der Waals surface area (Å²) in [6, 6.07) is 0. The van der Waals surface area contributed by atoms with E-state index in [-0.39, 0.29) is 37.9 Å². The average molecular weight is 451 g/mol. The predicted molar refractivity (Wildman–Crippen MR) is 145 cm³/mol. The zero-order chi connectivity index (χ0) is 24.4. The van der Waals surface area contributed by atoms with Gasteiger partial charge in [-0.2, -0.15) is 0 Å². The first-order valence-electron chi connectivity index (χ1n) is 13.4. The summed E-state index contributed by atoms with van der Waals surface area (Å²) in [6.45, 7) is 20.8. The van der Waals surface area contributed by atoms with Gasteiger partial charge in [-0.15, -0.1) is 0 Å². The van der Waals surface area contributed by atoms with Gasteiger partial charge in [0, 0.05) is 27.1 Å². The molecule has 0 heteroatoms. The van der Waals surface area contributed by atoms with Gasteiger partial charge in [0.15, 0.2) is 0 Å². The average Bonchev–Trinajstić information content (AvgIpc) is 3.39. The molecule has 6 rings (SSSR count). The molecular weight excluding hydrogens is 408 g/mol. The van der Waals surface area contributed by atoms with Crippen LogP contribution in [0.2, 0.25) is 0 Å². The van der Waals surface area contributed by atoms with Crippen LogP contribution in [0.15, 0.2) is 95.7 Å². The summed E-state index contributed by atoms with van der Waals surface area (Å²) < 4.78 is 0. The molecule has 0 aromatic heterocycles. The quantitative estimate of drug-likeness (QED) is 0.374. The zero-order valence-corrected chi connectivity index (χ0v) is 22.5. The van der Waals surface area contributed by atoms with Crippen LogP contribution in [0.4, 0.5) is 0 Å². The smallest absolute Gasteiger partial charge is 0.00475 e. The summed E-state index contributed by atoms with van der Waals surface area (Å²) in [5, 5.41) is 0. The summed E-state index contributed by atoms with van der Waals surface area (Å²) >= 11 is 0. The van der Waals surface area contributed by atoms with Gasteiger partial charge in [-0.1, -0.05) is 133 Å². The van der Waals surface area contributed by atoms with Crippen molar-refractivity contribution in [2.45, 2.75) is 68.2 Å². The number of hydrogen-bond donors (Lipinski definition) is 0. The van der Waals surface area contributed by atoms with Crippen LogP contribution in [-0.2, 0) is 0 Å². The zero-order valence-electron chi connectivity index (χ0n) is 22.5. The molecule has 0 aromatic rings. The molecule has 0 N–H and O–H groups in total. The highest BCUT2D eigenvalue weighted by atomic mass is 14.9. The van der Waals surface area contributed by atoms with E-state index in [1.165, 1.54) is 17.6 Å². The van der Waals surface area contributed by atoms with Crippen molar-refractivity contribution in [3.8, 4) is 0 Å². The Balaban J connectivity index is 1.71. The van der Waals surface area contributed by atoms with Crippen LogP contribution in [-0.4, -0.2) is 0 Å². The maximum absolute atomic E-state index is 2.69. The minimum atomic E-state index is -0.00724. The third-order valence-electron chi connectivity index (χ3n) is 13.7. The van der Waals surface area contributed by atoms with Crippen molar-refractivity contribution >= 4 is 0 Å². The second-order valence-electron chi connectivity index (χ2n) is 13.4. The Bertz CT molecular complexity index is 1230. The first kappa shape index (κ1) is 22.4. The molecule has 0 heterocycles. The lowest BCUT2D eigenvalue weighted by atomic mass is 9.23. The molecule has 0 amide bonds. The molecule has 0 nitrogen and oxygen atoms in total. The minimum absolute atomic E-state index is 0.00334. The molecule has 6 aliphatic carbocycles. The normalized spacial score (nSPS) is 54.1. The van der Waals surface area contributed by atoms with E-state index in [0.717, 1.165) is 6.42 Å². The van der Waals surface area contributed by atoms with Crippen LogP contribution in [0.1, 0.15) is 68.2 Å². The molecule has 34 heavy (non-hydrogen) atoms. The van der Waals surface area contributed by atoms with Gasteiger partial charge in [-0.25, -0.2) is 0 Å². The predicted octanol–water partition coefficient (Wildman–Crippen LogP) is 9.09. The number of allylic oxidation sites excluding steroid dienone is 16. The van der Waals surface area contributed by atoms with E-state index in [1.807, 2.05) is 0 Å². The molecule has 0 radical (unpaired) electrons. The van der Waals surface area contributed by atoms with Crippen molar-refractivity contribution in [1.82, 2.24) is 0 Å². The first-order chi connectivity index (χ1) is 15.9. The number of rotatable bonds is 1. The van der Waals surface area contributed by atoms with Crippen LogP contribution in [0.5, 0.6) is 0 Å². The van der Waals surface area contributed by atoms with Crippen molar-refractivity contribution < 1.29 is 0 Å². The molecule has 0 saturated heterocycles. The maximum atomic E-state index is 2.69. The van der Waals surface area contributed by atoms with Gasteiger partial charge < -0.3 is 0 Å². The Kier molecular flexibility index (Phi) is 4.07. The first-order valence-corrected chi connectivity index (χ1v) is 13.4.